The van der Waals surface area contributed by atoms with Crippen LogP contribution in [0.15, 0.2) is 6.07 Å². The standard InChI is InChI=1S/C8H8F3NO2/c1-14-6-4(3-13)2-5(7(9)10)12-8(6)11/h2,7,13H,3H2,1H3. The smallest absolute Gasteiger partial charge is 0.280 e. The van der Waals surface area contributed by atoms with Crippen molar-refractivity contribution in [3.8, 4) is 5.75 Å². The zero-order valence-electron chi connectivity index (χ0n) is 7.30. The molecule has 1 aromatic rings. The van der Waals surface area contributed by atoms with Crippen LogP contribution >= 0.6 is 0 Å². The number of aliphatic hydroxyl groups is 1. The molecule has 0 aliphatic carbocycles. The van der Waals surface area contributed by atoms with Crippen molar-refractivity contribution in [2.45, 2.75) is 13.0 Å². The molecule has 0 amide bonds. The summed E-state index contributed by atoms with van der Waals surface area (Å²) < 4.78 is 41.8. The molecule has 1 heterocycles. The van der Waals surface area contributed by atoms with E-state index in [0.717, 1.165) is 6.07 Å². The minimum Gasteiger partial charge on any atom is -0.492 e. The van der Waals surface area contributed by atoms with Crippen LogP contribution in [0.1, 0.15) is 17.7 Å². The Hall–Kier alpha value is -1.30. The van der Waals surface area contributed by atoms with Gasteiger partial charge in [0.1, 0.15) is 5.69 Å². The third-order valence-electron chi connectivity index (χ3n) is 1.63. The van der Waals surface area contributed by atoms with Gasteiger partial charge in [-0.25, -0.2) is 13.8 Å². The van der Waals surface area contributed by atoms with Gasteiger partial charge < -0.3 is 9.84 Å². The molecule has 3 nitrogen and oxygen atoms in total. The van der Waals surface area contributed by atoms with E-state index in [0.29, 0.717) is 0 Å². The fraction of sp³-hybridized carbons (Fsp3) is 0.375. The Kier molecular flexibility index (Phi) is 3.29. The lowest BCUT2D eigenvalue weighted by atomic mass is 10.2. The van der Waals surface area contributed by atoms with E-state index < -0.39 is 24.7 Å². The molecule has 0 saturated heterocycles. The predicted molar refractivity (Wildman–Crippen MR) is 41.6 cm³/mol. The number of pyridine rings is 1. The molecule has 1 N–H and O–H groups in total. The molecule has 1 aromatic heterocycles. The first-order valence-electron chi connectivity index (χ1n) is 3.72. The van der Waals surface area contributed by atoms with E-state index in [1.165, 1.54) is 7.11 Å². The molecule has 78 valence electrons. The first-order valence-corrected chi connectivity index (χ1v) is 3.72. The lowest BCUT2D eigenvalue weighted by Crippen LogP contribution is -2.02. The molecule has 0 radical (unpaired) electrons. The highest BCUT2D eigenvalue weighted by Crippen LogP contribution is 2.26. The van der Waals surface area contributed by atoms with E-state index >= 15 is 0 Å². The highest BCUT2D eigenvalue weighted by atomic mass is 19.3. The highest BCUT2D eigenvalue weighted by molar-refractivity contribution is 5.33. The topological polar surface area (TPSA) is 42.4 Å². The molecule has 14 heavy (non-hydrogen) atoms. The van der Waals surface area contributed by atoms with Crippen LogP contribution in [0.2, 0.25) is 0 Å². The second kappa shape index (κ2) is 4.28. The van der Waals surface area contributed by atoms with Crippen molar-refractivity contribution in [1.82, 2.24) is 4.98 Å². The second-order valence-electron chi connectivity index (χ2n) is 2.49. The fourth-order valence-corrected chi connectivity index (χ4v) is 1.02. The fourth-order valence-electron chi connectivity index (χ4n) is 1.02. The number of halogens is 3. The highest BCUT2D eigenvalue weighted by Gasteiger charge is 2.17. The number of alkyl halides is 2. The van der Waals surface area contributed by atoms with Gasteiger partial charge in [-0.2, -0.15) is 4.39 Å². The molecule has 0 saturated carbocycles. The predicted octanol–water partition coefficient (Wildman–Crippen LogP) is 1.66. The number of rotatable bonds is 3. The third kappa shape index (κ3) is 1.95. The maximum Gasteiger partial charge on any atom is 0.280 e. The first-order chi connectivity index (χ1) is 6.60. The Balaban J connectivity index is 3.24. The summed E-state index contributed by atoms with van der Waals surface area (Å²) in [7, 11) is 1.17. The Morgan fingerprint density at radius 1 is 1.57 bits per heavy atom. The second-order valence-corrected chi connectivity index (χ2v) is 2.49. The SMILES string of the molecule is COc1c(CO)cc(C(F)F)nc1F. The monoisotopic (exact) mass is 207 g/mol. The average Bonchev–Trinajstić information content (AvgIpc) is 2.16. The van der Waals surface area contributed by atoms with Gasteiger partial charge in [0.15, 0.2) is 5.75 Å². The molecular weight excluding hydrogens is 199 g/mol. The van der Waals surface area contributed by atoms with Crippen molar-refractivity contribution in [2.75, 3.05) is 7.11 Å². The van der Waals surface area contributed by atoms with Crippen molar-refractivity contribution >= 4 is 0 Å². The van der Waals surface area contributed by atoms with Gasteiger partial charge in [0.2, 0.25) is 0 Å². The van der Waals surface area contributed by atoms with Crippen LogP contribution in [0, 0.1) is 5.95 Å². The van der Waals surface area contributed by atoms with Crippen LogP contribution < -0.4 is 4.74 Å². The van der Waals surface area contributed by atoms with Crippen LogP contribution in [0.4, 0.5) is 13.2 Å². The Morgan fingerprint density at radius 2 is 2.21 bits per heavy atom. The van der Waals surface area contributed by atoms with Gasteiger partial charge in [-0.3, -0.25) is 0 Å². The van der Waals surface area contributed by atoms with E-state index in [2.05, 4.69) is 9.72 Å². The Morgan fingerprint density at radius 3 is 2.64 bits per heavy atom. The van der Waals surface area contributed by atoms with Crippen LogP contribution in [-0.2, 0) is 6.61 Å². The van der Waals surface area contributed by atoms with Gasteiger partial charge in [-0.1, -0.05) is 0 Å². The molecular formula is C8H8F3NO2. The molecule has 6 heteroatoms. The van der Waals surface area contributed by atoms with E-state index in [1.807, 2.05) is 0 Å². The molecule has 1 rings (SSSR count). The molecule has 0 atom stereocenters. The van der Waals surface area contributed by atoms with Crippen LogP contribution in [0.5, 0.6) is 5.75 Å². The van der Waals surface area contributed by atoms with Crippen molar-refractivity contribution in [3.63, 3.8) is 0 Å². The summed E-state index contributed by atoms with van der Waals surface area (Å²) in [5.74, 6) is -1.45. The molecule has 0 spiro atoms. The lowest BCUT2D eigenvalue weighted by molar-refractivity contribution is 0.143. The maximum atomic E-state index is 13.0. The summed E-state index contributed by atoms with van der Waals surface area (Å²) in [5.41, 5.74) is -0.761. The third-order valence-corrected chi connectivity index (χ3v) is 1.63. The largest absolute Gasteiger partial charge is 0.492 e. The summed E-state index contributed by atoms with van der Waals surface area (Å²) in [6.45, 7) is -0.581. The number of nitrogens with zero attached hydrogens (tertiary/aromatic N) is 1. The summed E-state index contributed by atoms with van der Waals surface area (Å²) >= 11 is 0. The lowest BCUT2D eigenvalue weighted by Gasteiger charge is -2.08. The van der Waals surface area contributed by atoms with Gasteiger partial charge in [-0.15, -0.1) is 0 Å². The summed E-state index contributed by atoms with van der Waals surface area (Å²) in [6.07, 6.45) is -2.87. The molecule has 0 aromatic carbocycles. The molecule has 0 bridgehead atoms. The van der Waals surface area contributed by atoms with Gasteiger partial charge in [0.05, 0.1) is 13.7 Å². The normalized spacial score (nSPS) is 10.7. The number of ether oxygens (including phenoxy) is 1. The average molecular weight is 207 g/mol. The minimum atomic E-state index is -2.87. The maximum absolute atomic E-state index is 13.0. The first kappa shape index (κ1) is 10.8. The zero-order valence-corrected chi connectivity index (χ0v) is 7.30. The Bertz CT molecular complexity index is 331. The van der Waals surface area contributed by atoms with Gasteiger partial charge in [-0.05, 0) is 6.07 Å². The van der Waals surface area contributed by atoms with E-state index in [-0.39, 0.29) is 11.3 Å². The van der Waals surface area contributed by atoms with E-state index in [9.17, 15) is 13.2 Å². The van der Waals surface area contributed by atoms with Crippen molar-refractivity contribution in [1.29, 1.82) is 0 Å². The number of hydrogen-bond donors (Lipinski definition) is 1. The number of hydrogen-bond acceptors (Lipinski definition) is 3. The molecule has 0 aliphatic heterocycles. The summed E-state index contributed by atoms with van der Waals surface area (Å²) in [4.78, 5) is 3.00. The van der Waals surface area contributed by atoms with Crippen LogP contribution in [-0.4, -0.2) is 17.2 Å². The van der Waals surface area contributed by atoms with Crippen LogP contribution in [0.25, 0.3) is 0 Å². The summed E-state index contributed by atoms with van der Waals surface area (Å²) in [6, 6.07) is 0.909. The van der Waals surface area contributed by atoms with Gasteiger partial charge in [0.25, 0.3) is 12.4 Å². The Labute approximate surface area is 78.2 Å². The quantitative estimate of drug-likeness (QED) is 0.766. The number of aliphatic hydroxyl groups excluding tert-OH is 1. The summed E-state index contributed by atoms with van der Waals surface area (Å²) in [5, 5.41) is 8.76. The molecule has 0 aliphatic rings. The van der Waals surface area contributed by atoms with E-state index in [1.54, 1.807) is 0 Å². The van der Waals surface area contributed by atoms with E-state index in [4.69, 9.17) is 5.11 Å². The molecule has 0 unspecified atom stereocenters. The van der Waals surface area contributed by atoms with Crippen molar-refractivity contribution in [2.24, 2.45) is 0 Å². The number of aromatic nitrogens is 1. The van der Waals surface area contributed by atoms with Crippen molar-refractivity contribution in [3.05, 3.63) is 23.3 Å². The minimum absolute atomic E-state index is 0.0460. The van der Waals surface area contributed by atoms with Gasteiger partial charge in [0, 0.05) is 5.56 Å². The van der Waals surface area contributed by atoms with Gasteiger partial charge >= 0.3 is 0 Å². The van der Waals surface area contributed by atoms with Crippen molar-refractivity contribution < 1.29 is 23.0 Å². The molecule has 0 fully saturated rings. The number of methoxy groups -OCH3 is 1. The van der Waals surface area contributed by atoms with Crippen LogP contribution in [0.3, 0.4) is 0 Å². The zero-order chi connectivity index (χ0) is 10.7.